The van der Waals surface area contributed by atoms with Gasteiger partial charge in [0.25, 0.3) is 0 Å². The summed E-state index contributed by atoms with van der Waals surface area (Å²) in [5, 5.41) is 0. The summed E-state index contributed by atoms with van der Waals surface area (Å²) in [6, 6.07) is 11.4. The van der Waals surface area contributed by atoms with Crippen molar-refractivity contribution in [1.82, 2.24) is 4.98 Å². The number of hydrogen-bond acceptors (Lipinski definition) is 1. The zero-order chi connectivity index (χ0) is 15.0. The van der Waals surface area contributed by atoms with Gasteiger partial charge in [0.15, 0.2) is 0 Å². The summed E-state index contributed by atoms with van der Waals surface area (Å²) in [5.41, 5.74) is 2.15. The second-order valence-electron chi connectivity index (χ2n) is 5.23. The standard InChI is InChI=1S/C15H19GeN/c1-12-10-15(13-8-6-5-7-9-13)17-11-14(12)16(2,3)4/h5-11H,1-4H3/i1D3. The van der Waals surface area contributed by atoms with Crippen molar-refractivity contribution in [2.24, 2.45) is 0 Å². The van der Waals surface area contributed by atoms with Crippen LogP contribution in [0.25, 0.3) is 11.3 Å². The Hall–Kier alpha value is -1.09. The van der Waals surface area contributed by atoms with E-state index in [0.717, 1.165) is 15.7 Å². The van der Waals surface area contributed by atoms with E-state index in [1.807, 2.05) is 30.3 Å². The minimum absolute atomic E-state index is 0.471. The second kappa shape index (κ2) is 4.65. The van der Waals surface area contributed by atoms with Crippen LogP contribution in [0.15, 0.2) is 42.6 Å². The van der Waals surface area contributed by atoms with Gasteiger partial charge in [-0.1, -0.05) is 0 Å². The number of pyridine rings is 1. The van der Waals surface area contributed by atoms with Crippen LogP contribution in [0, 0.1) is 6.85 Å². The Bertz CT molecular complexity index is 601. The van der Waals surface area contributed by atoms with Crippen molar-refractivity contribution >= 4 is 17.7 Å². The summed E-state index contributed by atoms with van der Waals surface area (Å²) in [4.78, 5) is 4.49. The van der Waals surface area contributed by atoms with Crippen LogP contribution in [-0.4, -0.2) is 18.3 Å². The van der Waals surface area contributed by atoms with Crippen molar-refractivity contribution in [2.45, 2.75) is 24.1 Å². The summed E-state index contributed by atoms with van der Waals surface area (Å²) in [7, 11) is 0. The summed E-state index contributed by atoms with van der Waals surface area (Å²) >= 11 is -2.26. The molecule has 0 unspecified atom stereocenters. The molecule has 0 atom stereocenters. The quantitative estimate of drug-likeness (QED) is 0.770. The third kappa shape index (κ3) is 2.78. The fourth-order valence-corrected chi connectivity index (χ4v) is 4.61. The van der Waals surface area contributed by atoms with Gasteiger partial charge in [-0.2, -0.15) is 0 Å². The number of aromatic nitrogens is 1. The fourth-order valence-electron chi connectivity index (χ4n) is 1.82. The molecule has 2 aromatic rings. The molecule has 2 rings (SSSR count). The van der Waals surface area contributed by atoms with Gasteiger partial charge in [0.2, 0.25) is 0 Å². The van der Waals surface area contributed by atoms with Crippen molar-refractivity contribution in [3.8, 4) is 11.3 Å². The Morgan fingerprint density at radius 3 is 2.41 bits per heavy atom. The molecule has 0 aliphatic rings. The Balaban J connectivity index is 2.62. The molecule has 0 spiro atoms. The van der Waals surface area contributed by atoms with E-state index in [9.17, 15) is 0 Å². The average molecular weight is 289 g/mol. The van der Waals surface area contributed by atoms with Crippen LogP contribution >= 0.6 is 0 Å². The number of hydrogen-bond donors (Lipinski definition) is 0. The molecule has 0 fully saturated rings. The van der Waals surface area contributed by atoms with Crippen LogP contribution in [0.5, 0.6) is 0 Å². The number of rotatable bonds is 2. The average Bonchev–Trinajstić information content (AvgIpc) is 2.37. The Kier molecular flexibility index (Phi) is 2.44. The Morgan fingerprint density at radius 2 is 1.82 bits per heavy atom. The molecule has 17 heavy (non-hydrogen) atoms. The number of nitrogens with zero attached hydrogens (tertiary/aromatic N) is 1. The van der Waals surface area contributed by atoms with Crippen LogP contribution in [0.2, 0.25) is 17.3 Å². The topological polar surface area (TPSA) is 12.9 Å². The van der Waals surface area contributed by atoms with E-state index in [1.54, 1.807) is 12.3 Å². The Labute approximate surface area is 110 Å². The van der Waals surface area contributed by atoms with Crippen LogP contribution in [0.4, 0.5) is 0 Å². The fraction of sp³-hybridized carbons (Fsp3) is 0.267. The molecule has 2 heteroatoms. The molecular weight excluding hydrogens is 267 g/mol. The summed E-state index contributed by atoms with van der Waals surface area (Å²) < 4.78 is 24.3. The molecule has 88 valence electrons. The summed E-state index contributed by atoms with van der Waals surface area (Å²) in [5.74, 6) is 6.57. The molecule has 0 aliphatic heterocycles. The summed E-state index contributed by atoms with van der Waals surface area (Å²) in [6.45, 7) is -2.08. The molecule has 0 aliphatic carbocycles. The molecule has 0 N–H and O–H groups in total. The van der Waals surface area contributed by atoms with Gasteiger partial charge >= 0.3 is 110 Å². The van der Waals surface area contributed by atoms with E-state index in [4.69, 9.17) is 4.11 Å². The molecule has 1 nitrogen and oxygen atoms in total. The van der Waals surface area contributed by atoms with Gasteiger partial charge in [-0.25, -0.2) is 0 Å². The van der Waals surface area contributed by atoms with Crippen LogP contribution in [0.3, 0.4) is 0 Å². The minimum atomic E-state index is -2.26. The normalized spacial score (nSPS) is 14.9. The van der Waals surface area contributed by atoms with Crippen LogP contribution in [0.1, 0.15) is 9.68 Å². The first kappa shape index (κ1) is 8.92. The van der Waals surface area contributed by atoms with E-state index in [0.29, 0.717) is 5.56 Å². The first-order valence-electron chi connectivity index (χ1n) is 7.26. The van der Waals surface area contributed by atoms with Gasteiger partial charge in [0.1, 0.15) is 0 Å². The monoisotopic (exact) mass is 290 g/mol. The third-order valence-corrected chi connectivity index (χ3v) is 7.01. The van der Waals surface area contributed by atoms with Gasteiger partial charge < -0.3 is 0 Å². The van der Waals surface area contributed by atoms with Crippen molar-refractivity contribution in [2.75, 3.05) is 0 Å². The summed E-state index contributed by atoms with van der Waals surface area (Å²) in [6.07, 6.45) is 1.78. The molecular formula is C15H19GeN. The molecule has 0 saturated carbocycles. The molecule has 0 bridgehead atoms. The van der Waals surface area contributed by atoms with Crippen molar-refractivity contribution in [3.63, 3.8) is 0 Å². The maximum atomic E-state index is 7.79. The third-order valence-electron chi connectivity index (χ3n) is 2.78. The SMILES string of the molecule is [2H]C([2H])([2H])c1cc(-c2ccccc2)nc[c]1[Ge]([CH3])([CH3])[CH3]. The maximum absolute atomic E-state index is 7.79. The van der Waals surface area contributed by atoms with Gasteiger partial charge in [0.05, 0.1) is 0 Å². The van der Waals surface area contributed by atoms with Crippen LogP contribution in [-0.2, 0) is 0 Å². The molecule has 1 aromatic carbocycles. The second-order valence-corrected chi connectivity index (χ2v) is 15.8. The zero-order valence-electron chi connectivity index (χ0n) is 13.5. The van der Waals surface area contributed by atoms with Crippen LogP contribution < -0.4 is 4.40 Å². The van der Waals surface area contributed by atoms with E-state index in [1.165, 1.54) is 0 Å². The van der Waals surface area contributed by atoms with Crippen molar-refractivity contribution < 1.29 is 4.11 Å². The van der Waals surface area contributed by atoms with Crippen molar-refractivity contribution in [1.29, 1.82) is 0 Å². The van der Waals surface area contributed by atoms with E-state index < -0.39 is 20.1 Å². The van der Waals surface area contributed by atoms with Gasteiger partial charge in [-0.3, -0.25) is 0 Å². The molecule has 1 heterocycles. The predicted octanol–water partition coefficient (Wildman–Crippen LogP) is 3.60. The molecule has 0 amide bonds. The van der Waals surface area contributed by atoms with Gasteiger partial charge in [-0.15, -0.1) is 0 Å². The first-order valence-corrected chi connectivity index (χ1v) is 13.1. The zero-order valence-corrected chi connectivity index (χ0v) is 12.6. The van der Waals surface area contributed by atoms with E-state index >= 15 is 0 Å². The van der Waals surface area contributed by atoms with Gasteiger partial charge in [0, 0.05) is 0 Å². The van der Waals surface area contributed by atoms with E-state index in [-0.39, 0.29) is 0 Å². The Morgan fingerprint density at radius 1 is 1.12 bits per heavy atom. The number of benzene rings is 1. The molecule has 0 radical (unpaired) electrons. The van der Waals surface area contributed by atoms with E-state index in [2.05, 4.69) is 22.3 Å². The molecule has 1 aromatic heterocycles. The first-order chi connectivity index (χ1) is 9.19. The number of aryl methyl sites for hydroxylation is 1. The molecule has 0 saturated heterocycles. The predicted molar refractivity (Wildman–Crippen MR) is 77.4 cm³/mol. The van der Waals surface area contributed by atoms with Crippen molar-refractivity contribution in [3.05, 3.63) is 48.2 Å². The van der Waals surface area contributed by atoms with Gasteiger partial charge in [-0.05, 0) is 0 Å².